The van der Waals surface area contributed by atoms with E-state index in [4.69, 9.17) is 9.94 Å². The smallest absolute Gasteiger partial charge is 0.357 e. The van der Waals surface area contributed by atoms with E-state index >= 15 is 0 Å². The molecular weight excluding hydrogens is 234 g/mol. The molecule has 1 aromatic carbocycles. The van der Waals surface area contributed by atoms with Crippen LogP contribution in [0.4, 0.5) is 0 Å². The minimum atomic E-state index is -0.774. The van der Waals surface area contributed by atoms with Crippen LogP contribution >= 0.6 is 0 Å². The van der Waals surface area contributed by atoms with Gasteiger partial charge >= 0.3 is 11.9 Å². The second kappa shape index (κ2) is 5.64. The van der Waals surface area contributed by atoms with Gasteiger partial charge in [-0.3, -0.25) is 4.79 Å². The highest BCUT2D eigenvalue weighted by molar-refractivity contribution is 5.89. The summed E-state index contributed by atoms with van der Waals surface area (Å²) in [7, 11) is 0. The number of nitrogens with zero attached hydrogens (tertiary/aromatic N) is 1. The molecule has 0 aliphatic carbocycles. The van der Waals surface area contributed by atoms with Crippen molar-refractivity contribution < 1.29 is 19.5 Å². The molecule has 0 amide bonds. The van der Waals surface area contributed by atoms with Gasteiger partial charge in [0.25, 0.3) is 0 Å². The van der Waals surface area contributed by atoms with Gasteiger partial charge in [-0.2, -0.15) is 0 Å². The second-order valence-corrected chi connectivity index (χ2v) is 4.29. The molecule has 0 bridgehead atoms. The first kappa shape index (κ1) is 12.6. The van der Waals surface area contributed by atoms with Crippen LogP contribution < -0.4 is 0 Å². The molecule has 1 saturated heterocycles. The molecule has 1 aliphatic rings. The molecule has 18 heavy (non-hydrogen) atoms. The standard InChI is InChI=1S/C13H15NO4/c15-12(16)10-6-8-14(9-7-10)18-13(17)11-4-2-1-3-5-11/h1-5,10H,6-9H2,(H,15,16). The summed E-state index contributed by atoms with van der Waals surface area (Å²) in [5.41, 5.74) is 0.498. The van der Waals surface area contributed by atoms with E-state index in [-0.39, 0.29) is 5.92 Å². The first-order chi connectivity index (χ1) is 8.66. The number of carboxylic acids is 1. The van der Waals surface area contributed by atoms with Gasteiger partial charge < -0.3 is 9.94 Å². The quantitative estimate of drug-likeness (QED) is 0.880. The molecule has 0 aromatic heterocycles. The van der Waals surface area contributed by atoms with Crippen molar-refractivity contribution in [2.24, 2.45) is 5.92 Å². The van der Waals surface area contributed by atoms with Crippen molar-refractivity contribution >= 4 is 11.9 Å². The molecule has 0 atom stereocenters. The molecule has 0 unspecified atom stereocenters. The minimum absolute atomic E-state index is 0.323. The number of rotatable bonds is 3. The van der Waals surface area contributed by atoms with Gasteiger partial charge in [-0.1, -0.05) is 18.2 Å². The molecule has 5 heteroatoms. The van der Waals surface area contributed by atoms with E-state index in [1.54, 1.807) is 24.3 Å². The SMILES string of the molecule is O=C(ON1CCC(C(=O)O)CC1)c1ccccc1. The Morgan fingerprint density at radius 3 is 2.33 bits per heavy atom. The van der Waals surface area contributed by atoms with Crippen molar-refractivity contribution in [3.63, 3.8) is 0 Å². The van der Waals surface area contributed by atoms with Crippen LogP contribution in [0.1, 0.15) is 23.2 Å². The molecule has 2 rings (SSSR count). The molecule has 1 aromatic rings. The summed E-state index contributed by atoms with van der Waals surface area (Å²) in [5.74, 6) is -1.50. The highest BCUT2D eigenvalue weighted by Gasteiger charge is 2.26. The Balaban J connectivity index is 1.85. The monoisotopic (exact) mass is 249 g/mol. The fourth-order valence-electron chi connectivity index (χ4n) is 1.94. The molecule has 0 saturated carbocycles. The summed E-state index contributed by atoms with van der Waals surface area (Å²) in [6, 6.07) is 8.74. The second-order valence-electron chi connectivity index (χ2n) is 4.29. The van der Waals surface area contributed by atoms with E-state index in [1.165, 1.54) is 5.06 Å². The number of piperidine rings is 1. The summed E-state index contributed by atoms with van der Waals surface area (Å²) < 4.78 is 0. The van der Waals surface area contributed by atoms with Gasteiger partial charge in [0.05, 0.1) is 11.5 Å². The Labute approximate surface area is 105 Å². The lowest BCUT2D eigenvalue weighted by atomic mass is 9.98. The summed E-state index contributed by atoms with van der Waals surface area (Å²) in [6.45, 7) is 0.936. The Kier molecular flexibility index (Phi) is 3.94. The summed E-state index contributed by atoms with van der Waals surface area (Å²) in [6.07, 6.45) is 1.02. The van der Waals surface area contributed by atoms with E-state index < -0.39 is 11.9 Å². The van der Waals surface area contributed by atoms with Crippen LogP contribution in [0.3, 0.4) is 0 Å². The molecule has 1 N–H and O–H groups in total. The lowest BCUT2D eigenvalue weighted by Crippen LogP contribution is -2.37. The first-order valence-corrected chi connectivity index (χ1v) is 5.92. The first-order valence-electron chi connectivity index (χ1n) is 5.92. The maximum atomic E-state index is 11.7. The number of benzene rings is 1. The Morgan fingerprint density at radius 1 is 1.17 bits per heavy atom. The largest absolute Gasteiger partial charge is 0.481 e. The molecule has 1 aliphatic heterocycles. The predicted molar refractivity (Wildman–Crippen MR) is 63.8 cm³/mol. The Morgan fingerprint density at radius 2 is 1.78 bits per heavy atom. The van der Waals surface area contributed by atoms with Crippen LogP contribution in [0.2, 0.25) is 0 Å². The number of carbonyl (C=O) groups is 2. The van der Waals surface area contributed by atoms with Gasteiger partial charge in [0.2, 0.25) is 0 Å². The van der Waals surface area contributed by atoms with Crippen LogP contribution in [0.15, 0.2) is 30.3 Å². The number of carbonyl (C=O) groups excluding carboxylic acids is 1. The van der Waals surface area contributed by atoms with Crippen molar-refractivity contribution in [3.05, 3.63) is 35.9 Å². The number of hydrogen-bond acceptors (Lipinski definition) is 4. The van der Waals surface area contributed by atoms with Gasteiger partial charge in [0.1, 0.15) is 0 Å². The summed E-state index contributed by atoms with van der Waals surface area (Å²) >= 11 is 0. The molecule has 5 nitrogen and oxygen atoms in total. The van der Waals surface area contributed by atoms with Crippen molar-refractivity contribution in [3.8, 4) is 0 Å². The van der Waals surface area contributed by atoms with Gasteiger partial charge in [-0.15, -0.1) is 5.06 Å². The highest BCUT2D eigenvalue weighted by Crippen LogP contribution is 2.18. The van der Waals surface area contributed by atoms with E-state index in [0.717, 1.165) is 0 Å². The van der Waals surface area contributed by atoms with E-state index in [9.17, 15) is 9.59 Å². The maximum Gasteiger partial charge on any atom is 0.357 e. The molecular formula is C13H15NO4. The van der Waals surface area contributed by atoms with Crippen LogP contribution in [0.25, 0.3) is 0 Å². The van der Waals surface area contributed by atoms with Crippen LogP contribution in [0.5, 0.6) is 0 Å². The molecule has 1 fully saturated rings. The fraction of sp³-hybridized carbons (Fsp3) is 0.385. The number of hydroxylamine groups is 2. The highest BCUT2D eigenvalue weighted by atomic mass is 16.7. The van der Waals surface area contributed by atoms with Gasteiger partial charge in [0, 0.05) is 13.1 Å². The van der Waals surface area contributed by atoms with Crippen LogP contribution in [-0.2, 0) is 9.63 Å². The fourth-order valence-corrected chi connectivity index (χ4v) is 1.94. The lowest BCUT2D eigenvalue weighted by Gasteiger charge is -2.28. The van der Waals surface area contributed by atoms with Gasteiger partial charge in [-0.05, 0) is 25.0 Å². The third-order valence-electron chi connectivity index (χ3n) is 3.02. The van der Waals surface area contributed by atoms with Gasteiger partial charge in [0.15, 0.2) is 0 Å². The van der Waals surface area contributed by atoms with E-state index in [2.05, 4.69) is 0 Å². The average Bonchev–Trinajstić information content (AvgIpc) is 2.40. The van der Waals surface area contributed by atoms with Crippen molar-refractivity contribution in [2.45, 2.75) is 12.8 Å². The maximum absolute atomic E-state index is 11.7. The van der Waals surface area contributed by atoms with E-state index in [0.29, 0.717) is 31.5 Å². The summed E-state index contributed by atoms with van der Waals surface area (Å²) in [5, 5.41) is 10.4. The number of aliphatic carboxylic acids is 1. The predicted octanol–water partition coefficient (Wildman–Crippen LogP) is 1.55. The molecule has 1 heterocycles. The zero-order chi connectivity index (χ0) is 13.0. The molecule has 0 radical (unpaired) electrons. The minimum Gasteiger partial charge on any atom is -0.481 e. The normalized spacial score (nSPS) is 17.3. The van der Waals surface area contributed by atoms with Gasteiger partial charge in [-0.25, -0.2) is 4.79 Å². The zero-order valence-corrected chi connectivity index (χ0v) is 9.91. The average molecular weight is 249 g/mol. The topological polar surface area (TPSA) is 66.8 Å². The zero-order valence-electron chi connectivity index (χ0n) is 9.91. The van der Waals surface area contributed by atoms with Crippen LogP contribution in [-0.4, -0.2) is 35.2 Å². The molecule has 0 spiro atoms. The summed E-state index contributed by atoms with van der Waals surface area (Å²) in [4.78, 5) is 27.7. The van der Waals surface area contributed by atoms with Crippen LogP contribution in [0, 0.1) is 5.92 Å². The van der Waals surface area contributed by atoms with Crippen molar-refractivity contribution in [1.82, 2.24) is 5.06 Å². The third-order valence-corrected chi connectivity index (χ3v) is 3.02. The van der Waals surface area contributed by atoms with E-state index in [1.807, 2.05) is 6.07 Å². The lowest BCUT2D eigenvalue weighted by molar-refractivity contribution is -0.152. The number of carboxylic acid groups (broad SMARTS) is 1. The van der Waals surface area contributed by atoms with Crippen molar-refractivity contribution in [2.75, 3.05) is 13.1 Å². The third kappa shape index (κ3) is 3.07. The van der Waals surface area contributed by atoms with Crippen molar-refractivity contribution in [1.29, 1.82) is 0 Å². The molecule has 96 valence electrons. The Hall–Kier alpha value is -1.88. The Bertz CT molecular complexity index is 424. The number of hydrogen-bond donors (Lipinski definition) is 1.